The molecule has 0 spiro atoms. The van der Waals surface area contributed by atoms with Crippen LogP contribution < -0.4 is 0 Å². The molecule has 7 atom stereocenters. The lowest BCUT2D eigenvalue weighted by molar-refractivity contribution is -0.154. The van der Waals surface area contributed by atoms with Crippen molar-refractivity contribution in [3.8, 4) is 0 Å². The van der Waals surface area contributed by atoms with Gasteiger partial charge in [-0.15, -0.1) is 0 Å². The van der Waals surface area contributed by atoms with E-state index < -0.39 is 17.4 Å². The maximum absolute atomic E-state index is 13.8. The van der Waals surface area contributed by atoms with Crippen molar-refractivity contribution in [2.75, 3.05) is 13.7 Å². The van der Waals surface area contributed by atoms with Crippen molar-refractivity contribution in [2.24, 2.45) is 35.0 Å². The van der Waals surface area contributed by atoms with Gasteiger partial charge in [-0.05, 0) is 75.0 Å². The van der Waals surface area contributed by atoms with Crippen LogP contribution in [0.1, 0.15) is 84.0 Å². The molecule has 0 aromatic carbocycles. The Labute approximate surface area is 214 Å². The highest BCUT2D eigenvalue weighted by Gasteiger charge is 2.61. The molecule has 2 unspecified atom stereocenters. The molecule has 0 bridgehead atoms. The molecule has 0 aromatic rings. The van der Waals surface area contributed by atoms with Crippen LogP contribution in [0.5, 0.6) is 0 Å². The summed E-state index contributed by atoms with van der Waals surface area (Å²) in [6.45, 7) is 2.57. The third-order valence-corrected chi connectivity index (χ3v) is 9.43. The van der Waals surface area contributed by atoms with E-state index in [1.807, 2.05) is 0 Å². The second-order valence-corrected chi connectivity index (χ2v) is 12.3. The fourth-order valence-electron chi connectivity index (χ4n) is 7.15. The summed E-state index contributed by atoms with van der Waals surface area (Å²) in [6, 6.07) is -0.537. The normalized spacial score (nSPS) is 41.3. The second kappa shape index (κ2) is 10.3. The number of allylic oxidation sites excluding steroid dienone is 2. The van der Waals surface area contributed by atoms with E-state index in [2.05, 4.69) is 19.1 Å². The topological polar surface area (TPSA) is 90.0 Å². The van der Waals surface area contributed by atoms with Crippen LogP contribution in [0.3, 0.4) is 0 Å². The molecule has 3 aliphatic carbocycles. The van der Waals surface area contributed by atoms with Crippen LogP contribution in [0.4, 0.5) is 0 Å². The summed E-state index contributed by atoms with van der Waals surface area (Å²) >= 11 is 0. The Bertz CT molecular complexity index is 919. The molecule has 0 N–H and O–H groups in total. The van der Waals surface area contributed by atoms with Crippen molar-refractivity contribution in [3.63, 3.8) is 0 Å². The molecule has 5 rings (SSSR count). The van der Waals surface area contributed by atoms with Gasteiger partial charge in [-0.25, -0.2) is 0 Å². The van der Waals surface area contributed by atoms with Gasteiger partial charge in [0, 0.05) is 18.9 Å². The van der Waals surface area contributed by atoms with Gasteiger partial charge in [-0.2, -0.15) is 0 Å². The van der Waals surface area contributed by atoms with Crippen LogP contribution in [-0.4, -0.2) is 54.3 Å². The fourth-order valence-corrected chi connectivity index (χ4v) is 7.15. The number of rotatable bonds is 4. The highest BCUT2D eigenvalue weighted by molar-refractivity contribution is 5.95. The van der Waals surface area contributed by atoms with E-state index in [1.54, 1.807) is 4.90 Å². The molecule has 0 aromatic heterocycles. The predicted octanol–water partition coefficient (Wildman–Crippen LogP) is 4.23. The van der Waals surface area contributed by atoms with Crippen molar-refractivity contribution < 1.29 is 28.7 Å². The fraction of sp³-hybridized carbons (Fsp3) is 0.793. The number of ketones is 1. The van der Waals surface area contributed by atoms with Crippen molar-refractivity contribution in [1.82, 2.24) is 4.90 Å². The van der Waals surface area contributed by atoms with Crippen LogP contribution in [0.25, 0.3) is 0 Å². The zero-order chi connectivity index (χ0) is 25.4. The maximum atomic E-state index is 13.8. The molecule has 7 nitrogen and oxygen atoms in total. The minimum Gasteiger partial charge on any atom is -0.469 e. The summed E-state index contributed by atoms with van der Waals surface area (Å²) in [6.07, 6.45) is 13.2. The van der Waals surface area contributed by atoms with Crippen molar-refractivity contribution in [1.29, 1.82) is 0 Å². The molecule has 5 aliphatic rings. The number of nitrogens with zero attached hydrogens (tertiary/aromatic N) is 1. The lowest BCUT2D eigenvalue weighted by Crippen LogP contribution is -2.45. The van der Waals surface area contributed by atoms with Crippen LogP contribution >= 0.6 is 0 Å². The number of Topliss-reactive ketones (excluding diaryl/α,β-unsaturated/α-hetero) is 1. The van der Waals surface area contributed by atoms with Gasteiger partial charge >= 0.3 is 11.9 Å². The van der Waals surface area contributed by atoms with E-state index in [0.717, 1.165) is 50.4 Å². The Morgan fingerprint density at radius 2 is 1.86 bits per heavy atom. The zero-order valence-corrected chi connectivity index (χ0v) is 21.8. The molecule has 4 fully saturated rings. The average Bonchev–Trinajstić information content (AvgIpc) is 3.65. The van der Waals surface area contributed by atoms with Crippen LogP contribution in [0.15, 0.2) is 12.2 Å². The first kappa shape index (κ1) is 25.5. The highest BCUT2D eigenvalue weighted by Crippen LogP contribution is 2.57. The van der Waals surface area contributed by atoms with Crippen LogP contribution in [0, 0.1) is 35.0 Å². The summed E-state index contributed by atoms with van der Waals surface area (Å²) in [4.78, 5) is 54.6. The third-order valence-electron chi connectivity index (χ3n) is 9.43. The van der Waals surface area contributed by atoms with Gasteiger partial charge in [-0.1, -0.05) is 31.9 Å². The molecular formula is C29H41NO6. The first-order valence-corrected chi connectivity index (χ1v) is 14.1. The SMILES string of the molecule is COC(=O)[C@]12CC(=O)[C@@H]3C[C@H](C)CN3C(=O)[C@@H](CC(=O)OC3CC4CC4C3)CCCCC/C=C\[C@@H]1C2. The molecule has 0 radical (unpaired) electrons. The van der Waals surface area contributed by atoms with Gasteiger partial charge in [0.05, 0.1) is 25.0 Å². The van der Waals surface area contributed by atoms with E-state index in [4.69, 9.17) is 9.47 Å². The monoisotopic (exact) mass is 499 g/mol. The molecule has 3 saturated carbocycles. The number of carbonyl (C=O) groups is 4. The zero-order valence-electron chi connectivity index (χ0n) is 21.8. The largest absolute Gasteiger partial charge is 0.469 e. The van der Waals surface area contributed by atoms with E-state index in [9.17, 15) is 19.2 Å². The Kier molecular flexibility index (Phi) is 7.28. The van der Waals surface area contributed by atoms with Crippen molar-refractivity contribution in [3.05, 3.63) is 12.2 Å². The van der Waals surface area contributed by atoms with Crippen LogP contribution in [-0.2, 0) is 28.7 Å². The summed E-state index contributed by atoms with van der Waals surface area (Å²) < 4.78 is 10.9. The number of hydrogen-bond acceptors (Lipinski definition) is 6. The molecule has 7 heteroatoms. The quantitative estimate of drug-likeness (QED) is 0.425. The van der Waals surface area contributed by atoms with E-state index in [0.29, 0.717) is 25.8 Å². The number of hydrogen-bond donors (Lipinski definition) is 0. The van der Waals surface area contributed by atoms with E-state index in [1.165, 1.54) is 13.5 Å². The Hall–Kier alpha value is -2.18. The van der Waals surface area contributed by atoms with Gasteiger partial charge in [0.2, 0.25) is 5.91 Å². The van der Waals surface area contributed by atoms with Crippen molar-refractivity contribution in [2.45, 2.75) is 96.1 Å². The summed E-state index contributed by atoms with van der Waals surface area (Å²) in [5, 5.41) is 0. The number of ether oxygens (including phenoxy) is 2. The molecule has 2 heterocycles. The summed E-state index contributed by atoms with van der Waals surface area (Å²) in [7, 11) is 1.38. The van der Waals surface area contributed by atoms with E-state index >= 15 is 0 Å². The van der Waals surface area contributed by atoms with E-state index in [-0.39, 0.29) is 54.4 Å². The highest BCUT2D eigenvalue weighted by atomic mass is 16.5. The van der Waals surface area contributed by atoms with Gasteiger partial charge in [0.15, 0.2) is 5.78 Å². The number of carbonyl (C=O) groups excluding carboxylic acids is 4. The Morgan fingerprint density at radius 1 is 1.08 bits per heavy atom. The lowest BCUT2D eigenvalue weighted by Gasteiger charge is -2.29. The molecular weight excluding hydrogens is 458 g/mol. The number of amides is 1. The minimum absolute atomic E-state index is 0.00697. The first-order chi connectivity index (χ1) is 17.3. The third kappa shape index (κ3) is 5.26. The number of esters is 2. The molecule has 198 valence electrons. The van der Waals surface area contributed by atoms with Crippen LogP contribution in [0.2, 0.25) is 0 Å². The minimum atomic E-state index is -0.797. The summed E-state index contributed by atoms with van der Waals surface area (Å²) in [5.41, 5.74) is -0.797. The molecule has 1 saturated heterocycles. The lowest BCUT2D eigenvalue weighted by atomic mass is 9.90. The Morgan fingerprint density at radius 3 is 2.61 bits per heavy atom. The molecule has 1 amide bonds. The van der Waals surface area contributed by atoms with Gasteiger partial charge < -0.3 is 14.4 Å². The number of fused-ring (bicyclic) bond motifs is 3. The first-order valence-electron chi connectivity index (χ1n) is 14.1. The average molecular weight is 500 g/mol. The summed E-state index contributed by atoms with van der Waals surface area (Å²) in [5.74, 6) is 0.452. The van der Waals surface area contributed by atoms with Gasteiger partial charge in [0.1, 0.15) is 6.10 Å². The number of methoxy groups -OCH3 is 1. The molecule has 2 aliphatic heterocycles. The molecule has 36 heavy (non-hydrogen) atoms. The predicted molar refractivity (Wildman–Crippen MR) is 133 cm³/mol. The van der Waals surface area contributed by atoms with Gasteiger partial charge in [-0.3, -0.25) is 19.2 Å². The Balaban J connectivity index is 1.31. The van der Waals surface area contributed by atoms with Gasteiger partial charge in [0.25, 0.3) is 0 Å². The maximum Gasteiger partial charge on any atom is 0.312 e. The second-order valence-electron chi connectivity index (χ2n) is 12.3. The smallest absolute Gasteiger partial charge is 0.312 e. The standard InChI is InChI=1S/C29H41NO6/c1-18-10-24-25(31)16-29(28(34)35-2)15-22(29)9-7-5-3-4-6-8-19(27(33)30(24)17-18)14-26(32)36-23-12-20-11-21(20)13-23/h7,9,18-24H,3-6,8,10-17H2,1-2H3/b9-7-/t18-,19+,20?,21?,22+,23?,24-,29+/m0/s1. The van der Waals surface area contributed by atoms with Crippen molar-refractivity contribution >= 4 is 23.6 Å².